The fraction of sp³-hybridized carbons (Fsp3) is 0.524. The first-order valence-corrected chi connectivity index (χ1v) is 10.6. The van der Waals surface area contributed by atoms with E-state index in [9.17, 15) is 4.79 Å². The summed E-state index contributed by atoms with van der Waals surface area (Å²) in [6.45, 7) is 8.04. The Kier molecular flexibility index (Phi) is 6.43. The number of piperidine rings is 1. The summed E-state index contributed by atoms with van der Waals surface area (Å²) in [7, 11) is 0. The Balaban J connectivity index is 1.83. The molecule has 0 N–H and O–H groups in total. The molecule has 0 bridgehead atoms. The second-order valence-electron chi connectivity index (χ2n) is 6.99. The van der Waals surface area contributed by atoms with E-state index in [-0.39, 0.29) is 5.91 Å². The molecule has 2 aromatic rings. The van der Waals surface area contributed by atoms with E-state index < -0.39 is 0 Å². The number of amides is 1. The van der Waals surface area contributed by atoms with E-state index in [4.69, 9.17) is 4.98 Å². The van der Waals surface area contributed by atoms with Gasteiger partial charge in [-0.05, 0) is 43.9 Å². The first-order chi connectivity index (χ1) is 12.6. The summed E-state index contributed by atoms with van der Waals surface area (Å²) in [5, 5.41) is 2.89. The molecule has 1 fully saturated rings. The zero-order valence-electron chi connectivity index (χ0n) is 16.1. The van der Waals surface area contributed by atoms with Gasteiger partial charge in [0, 0.05) is 24.9 Å². The molecule has 3 rings (SSSR count). The number of para-hydroxylation sites is 1. The maximum Gasteiger partial charge on any atom is 0.230 e. The van der Waals surface area contributed by atoms with E-state index in [0.717, 1.165) is 36.0 Å². The summed E-state index contributed by atoms with van der Waals surface area (Å²) in [5.41, 5.74) is 3.19. The van der Waals surface area contributed by atoms with Gasteiger partial charge >= 0.3 is 0 Å². The Morgan fingerprint density at radius 1 is 1.31 bits per heavy atom. The van der Waals surface area contributed by atoms with Gasteiger partial charge in [0.05, 0.1) is 11.4 Å². The van der Waals surface area contributed by atoms with Crippen LogP contribution in [-0.4, -0.2) is 28.4 Å². The molecule has 1 aliphatic heterocycles. The van der Waals surface area contributed by atoms with E-state index in [1.807, 2.05) is 18.2 Å². The van der Waals surface area contributed by atoms with Crippen molar-refractivity contribution in [1.29, 1.82) is 0 Å². The first kappa shape index (κ1) is 19.1. The quantitative estimate of drug-likeness (QED) is 0.704. The largest absolute Gasteiger partial charge is 0.295 e. The number of carbonyl (C=O) groups excluding carboxylic acids is 1. The average molecular weight is 372 g/mol. The molecule has 26 heavy (non-hydrogen) atoms. The molecule has 0 spiro atoms. The van der Waals surface area contributed by atoms with Crippen molar-refractivity contribution in [1.82, 2.24) is 9.88 Å². The van der Waals surface area contributed by atoms with Crippen molar-refractivity contribution in [3.63, 3.8) is 0 Å². The summed E-state index contributed by atoms with van der Waals surface area (Å²) in [6, 6.07) is 8.77. The molecule has 0 saturated carbocycles. The molecule has 1 aliphatic rings. The number of thiazole rings is 1. The predicted molar refractivity (Wildman–Crippen MR) is 109 cm³/mol. The molecule has 140 valence electrons. The van der Waals surface area contributed by atoms with Crippen LogP contribution in [0.25, 0.3) is 0 Å². The van der Waals surface area contributed by atoms with Gasteiger partial charge in [-0.3, -0.25) is 14.6 Å². The molecule has 1 aromatic heterocycles. The van der Waals surface area contributed by atoms with Crippen LogP contribution in [0, 0.1) is 0 Å². The molecule has 1 amide bonds. The first-order valence-electron chi connectivity index (χ1n) is 9.71. The molecule has 5 heteroatoms. The smallest absolute Gasteiger partial charge is 0.230 e. The number of aryl methyl sites for hydroxylation is 1. The molecule has 1 saturated heterocycles. The summed E-state index contributed by atoms with van der Waals surface area (Å²) in [4.78, 5) is 21.5. The summed E-state index contributed by atoms with van der Waals surface area (Å²) < 4.78 is 0. The van der Waals surface area contributed by atoms with Crippen LogP contribution < -0.4 is 4.90 Å². The normalized spacial score (nSPS) is 18.0. The van der Waals surface area contributed by atoms with Gasteiger partial charge in [-0.15, -0.1) is 11.3 Å². The zero-order chi connectivity index (χ0) is 18.5. The number of hydrogen-bond acceptors (Lipinski definition) is 4. The van der Waals surface area contributed by atoms with Crippen molar-refractivity contribution in [2.24, 2.45) is 0 Å². The van der Waals surface area contributed by atoms with Crippen LogP contribution in [0.4, 0.5) is 10.8 Å². The van der Waals surface area contributed by atoms with Crippen molar-refractivity contribution in [2.45, 2.75) is 65.5 Å². The van der Waals surface area contributed by atoms with Gasteiger partial charge in [0.25, 0.3) is 0 Å². The van der Waals surface area contributed by atoms with Gasteiger partial charge in [0.2, 0.25) is 5.91 Å². The molecule has 1 atom stereocenters. The number of benzene rings is 1. The minimum atomic E-state index is 0.0104. The highest BCUT2D eigenvalue weighted by atomic mass is 32.1. The lowest BCUT2D eigenvalue weighted by molar-refractivity contribution is -0.115. The van der Waals surface area contributed by atoms with Gasteiger partial charge in [-0.2, -0.15) is 0 Å². The fourth-order valence-electron chi connectivity index (χ4n) is 3.85. The molecule has 4 nitrogen and oxygen atoms in total. The molecule has 2 heterocycles. The van der Waals surface area contributed by atoms with Crippen molar-refractivity contribution >= 4 is 28.1 Å². The molecule has 1 unspecified atom stereocenters. The zero-order valence-corrected chi connectivity index (χ0v) is 16.9. The molecular weight excluding hydrogens is 342 g/mol. The van der Waals surface area contributed by atoms with Crippen molar-refractivity contribution in [2.75, 3.05) is 11.4 Å². The topological polar surface area (TPSA) is 36.4 Å². The van der Waals surface area contributed by atoms with E-state index >= 15 is 0 Å². The van der Waals surface area contributed by atoms with Gasteiger partial charge in [-0.1, -0.05) is 38.5 Å². The summed E-state index contributed by atoms with van der Waals surface area (Å²) in [6.07, 6.45) is 5.99. The molecular formula is C21H29N3OS. The lowest BCUT2D eigenvalue weighted by atomic mass is 10.00. The van der Waals surface area contributed by atoms with Crippen LogP contribution in [0.1, 0.15) is 57.7 Å². The number of nitrogens with zero attached hydrogens (tertiary/aromatic N) is 3. The minimum Gasteiger partial charge on any atom is -0.295 e. The van der Waals surface area contributed by atoms with E-state index in [1.54, 1.807) is 23.2 Å². The Morgan fingerprint density at radius 3 is 2.85 bits per heavy atom. The number of carbonyl (C=O) groups is 1. The van der Waals surface area contributed by atoms with Crippen LogP contribution in [0.2, 0.25) is 0 Å². The lowest BCUT2D eigenvalue weighted by Gasteiger charge is -2.34. The maximum atomic E-state index is 12.4. The van der Waals surface area contributed by atoms with Crippen LogP contribution in [0.5, 0.6) is 0 Å². The second kappa shape index (κ2) is 8.78. The second-order valence-corrected chi connectivity index (χ2v) is 7.82. The van der Waals surface area contributed by atoms with E-state index in [1.165, 1.54) is 31.2 Å². The Labute approximate surface area is 160 Å². The highest BCUT2D eigenvalue weighted by molar-refractivity contribution is 7.14. The van der Waals surface area contributed by atoms with Crippen molar-refractivity contribution < 1.29 is 4.79 Å². The standard InChI is InChI=1S/C21H29N3OS/c1-4-17-10-6-7-12-20(17)24(16(3)25)21-22-18(15-26-21)14-23-13-9-8-11-19(23)5-2/h6-7,10,12,15,19H,4-5,8-9,11,13-14H2,1-3H3. The fourth-order valence-corrected chi connectivity index (χ4v) is 4.72. The number of rotatable bonds is 6. The minimum absolute atomic E-state index is 0.0104. The van der Waals surface area contributed by atoms with Gasteiger partial charge < -0.3 is 0 Å². The van der Waals surface area contributed by atoms with Crippen LogP contribution >= 0.6 is 11.3 Å². The highest BCUT2D eigenvalue weighted by Crippen LogP contribution is 2.32. The predicted octanol–water partition coefficient (Wildman–Crippen LogP) is 5.15. The molecule has 0 aliphatic carbocycles. The SMILES string of the molecule is CCc1ccccc1N(C(C)=O)c1nc(CN2CCCCC2CC)cs1. The summed E-state index contributed by atoms with van der Waals surface area (Å²) in [5.74, 6) is 0.0104. The van der Waals surface area contributed by atoms with E-state index in [0.29, 0.717) is 6.04 Å². The lowest BCUT2D eigenvalue weighted by Crippen LogP contribution is -2.38. The van der Waals surface area contributed by atoms with Gasteiger partial charge in [0.15, 0.2) is 5.13 Å². The van der Waals surface area contributed by atoms with Crippen LogP contribution in [0.3, 0.4) is 0 Å². The third-order valence-electron chi connectivity index (χ3n) is 5.24. The Morgan fingerprint density at radius 2 is 2.12 bits per heavy atom. The Hall–Kier alpha value is -1.72. The molecule has 0 radical (unpaired) electrons. The van der Waals surface area contributed by atoms with Crippen molar-refractivity contribution in [3.05, 3.63) is 40.9 Å². The van der Waals surface area contributed by atoms with Gasteiger partial charge in [0.1, 0.15) is 0 Å². The number of anilines is 2. The number of aromatic nitrogens is 1. The van der Waals surface area contributed by atoms with Crippen LogP contribution in [0.15, 0.2) is 29.6 Å². The highest BCUT2D eigenvalue weighted by Gasteiger charge is 2.24. The number of hydrogen-bond donors (Lipinski definition) is 0. The maximum absolute atomic E-state index is 12.4. The molecule has 1 aromatic carbocycles. The van der Waals surface area contributed by atoms with Crippen molar-refractivity contribution in [3.8, 4) is 0 Å². The average Bonchev–Trinajstić information content (AvgIpc) is 3.10. The summed E-state index contributed by atoms with van der Waals surface area (Å²) >= 11 is 1.56. The third-order valence-corrected chi connectivity index (χ3v) is 6.12. The van der Waals surface area contributed by atoms with Crippen LogP contribution in [-0.2, 0) is 17.8 Å². The third kappa shape index (κ3) is 4.15. The monoisotopic (exact) mass is 371 g/mol. The number of likely N-dealkylation sites (tertiary alicyclic amines) is 1. The van der Waals surface area contributed by atoms with E-state index in [2.05, 4.69) is 30.2 Å². The van der Waals surface area contributed by atoms with Gasteiger partial charge in [-0.25, -0.2) is 4.98 Å². The Bertz CT molecular complexity index is 742.